The van der Waals surface area contributed by atoms with Gasteiger partial charge >= 0.3 is 5.97 Å². The Kier molecular flexibility index (Phi) is 5.52. The van der Waals surface area contributed by atoms with Gasteiger partial charge < -0.3 is 19.9 Å². The number of amides is 1. The Morgan fingerprint density at radius 1 is 1.35 bits per heavy atom. The number of hydrogen-bond donors (Lipinski definition) is 2. The van der Waals surface area contributed by atoms with Crippen molar-refractivity contribution in [1.29, 1.82) is 0 Å². The average molecular weight is 359 g/mol. The molecule has 1 aliphatic rings. The summed E-state index contributed by atoms with van der Waals surface area (Å²) in [4.78, 5) is 23.3. The molecule has 138 valence electrons. The summed E-state index contributed by atoms with van der Waals surface area (Å²) in [5, 5.41) is 16.1. The second kappa shape index (κ2) is 8.01. The highest BCUT2D eigenvalue weighted by molar-refractivity contribution is 5.92. The van der Waals surface area contributed by atoms with Crippen molar-refractivity contribution in [3.8, 4) is 5.75 Å². The Bertz CT molecular complexity index is 771. The highest BCUT2D eigenvalue weighted by Crippen LogP contribution is 2.19. The van der Waals surface area contributed by atoms with Crippen molar-refractivity contribution in [2.75, 3.05) is 13.2 Å². The van der Waals surface area contributed by atoms with Crippen molar-refractivity contribution in [1.82, 2.24) is 15.1 Å². The van der Waals surface area contributed by atoms with Crippen LogP contribution in [0.25, 0.3) is 0 Å². The van der Waals surface area contributed by atoms with Gasteiger partial charge in [0, 0.05) is 19.2 Å². The van der Waals surface area contributed by atoms with Crippen LogP contribution in [0.15, 0.2) is 36.5 Å². The van der Waals surface area contributed by atoms with E-state index in [1.54, 1.807) is 29.1 Å². The van der Waals surface area contributed by atoms with Crippen LogP contribution >= 0.6 is 0 Å². The van der Waals surface area contributed by atoms with Gasteiger partial charge in [0.15, 0.2) is 0 Å². The fourth-order valence-corrected chi connectivity index (χ4v) is 2.75. The van der Waals surface area contributed by atoms with E-state index in [0.717, 1.165) is 0 Å². The Balaban J connectivity index is 1.65. The third kappa shape index (κ3) is 4.20. The minimum atomic E-state index is -0.987. The molecule has 0 saturated carbocycles. The van der Waals surface area contributed by atoms with Crippen LogP contribution in [0.4, 0.5) is 0 Å². The zero-order valence-electron chi connectivity index (χ0n) is 14.4. The fourth-order valence-electron chi connectivity index (χ4n) is 2.75. The van der Waals surface area contributed by atoms with E-state index in [1.165, 1.54) is 12.1 Å². The maximum atomic E-state index is 12.4. The lowest BCUT2D eigenvalue weighted by atomic mass is 10.1. The Labute approximate surface area is 150 Å². The highest BCUT2D eigenvalue weighted by atomic mass is 16.5. The number of carbonyl (C=O) groups is 2. The van der Waals surface area contributed by atoms with Crippen molar-refractivity contribution in [2.24, 2.45) is 0 Å². The average Bonchev–Trinajstić information content (AvgIpc) is 3.13. The molecular formula is C18H21N3O5. The summed E-state index contributed by atoms with van der Waals surface area (Å²) in [6.07, 6.45) is 2.11. The monoisotopic (exact) mass is 359 g/mol. The van der Waals surface area contributed by atoms with Gasteiger partial charge in [-0.05, 0) is 37.3 Å². The van der Waals surface area contributed by atoms with Gasteiger partial charge in [-0.2, -0.15) is 5.10 Å². The normalized spacial score (nSPS) is 19.7. The lowest BCUT2D eigenvalue weighted by Crippen LogP contribution is -2.51. The van der Waals surface area contributed by atoms with Crippen LogP contribution < -0.4 is 10.1 Å². The van der Waals surface area contributed by atoms with Crippen LogP contribution in [-0.2, 0) is 11.3 Å². The molecule has 1 amide bonds. The molecule has 1 saturated heterocycles. The molecule has 26 heavy (non-hydrogen) atoms. The van der Waals surface area contributed by atoms with Crippen molar-refractivity contribution in [3.05, 3.63) is 47.8 Å². The minimum Gasteiger partial charge on any atom is -0.488 e. The first-order valence-corrected chi connectivity index (χ1v) is 8.49. The summed E-state index contributed by atoms with van der Waals surface area (Å²) in [7, 11) is 0. The molecule has 8 heteroatoms. The first-order valence-electron chi connectivity index (χ1n) is 8.49. The van der Waals surface area contributed by atoms with Gasteiger partial charge in [-0.3, -0.25) is 9.48 Å². The molecule has 8 nitrogen and oxygen atoms in total. The number of rotatable bonds is 6. The van der Waals surface area contributed by atoms with Crippen molar-refractivity contribution in [3.63, 3.8) is 0 Å². The molecule has 0 unspecified atom stereocenters. The zero-order valence-corrected chi connectivity index (χ0v) is 14.4. The summed E-state index contributed by atoms with van der Waals surface area (Å²) in [6, 6.07) is 7.55. The summed E-state index contributed by atoms with van der Waals surface area (Å²) >= 11 is 0. The van der Waals surface area contributed by atoms with E-state index in [1.807, 2.05) is 6.92 Å². The van der Waals surface area contributed by atoms with Crippen LogP contribution in [0.2, 0.25) is 0 Å². The topological polar surface area (TPSA) is 103 Å². The highest BCUT2D eigenvalue weighted by Gasteiger charge is 2.29. The standard InChI is InChI=1S/C18H21N3O5/c1-2-21-9-7-14(20-21)17(22)19-15-11-25-10-8-16(15)26-13-5-3-12(4-6-13)18(23)24/h3-7,9,15-16H,2,8,10-11H2,1H3,(H,19,22)(H,23,24)/t15-,16-/m1/s1. The van der Waals surface area contributed by atoms with E-state index in [0.29, 0.717) is 37.6 Å². The third-order valence-electron chi connectivity index (χ3n) is 4.20. The number of carboxylic acid groups (broad SMARTS) is 1. The Hall–Kier alpha value is -2.87. The first-order chi connectivity index (χ1) is 12.6. The number of ether oxygens (including phenoxy) is 2. The molecule has 0 aliphatic carbocycles. The van der Waals surface area contributed by atoms with E-state index < -0.39 is 5.97 Å². The van der Waals surface area contributed by atoms with E-state index in [2.05, 4.69) is 10.4 Å². The zero-order chi connectivity index (χ0) is 18.5. The van der Waals surface area contributed by atoms with E-state index >= 15 is 0 Å². The van der Waals surface area contributed by atoms with Crippen LogP contribution in [0.5, 0.6) is 5.75 Å². The minimum absolute atomic E-state index is 0.195. The second-order valence-electron chi connectivity index (χ2n) is 5.99. The van der Waals surface area contributed by atoms with Gasteiger partial charge in [0.2, 0.25) is 0 Å². The van der Waals surface area contributed by atoms with Crippen LogP contribution in [0, 0.1) is 0 Å². The lowest BCUT2D eigenvalue weighted by molar-refractivity contribution is -0.00296. The second-order valence-corrected chi connectivity index (χ2v) is 5.99. The molecule has 0 bridgehead atoms. The Morgan fingerprint density at radius 3 is 2.77 bits per heavy atom. The maximum Gasteiger partial charge on any atom is 0.335 e. The lowest BCUT2D eigenvalue weighted by Gasteiger charge is -2.32. The van der Waals surface area contributed by atoms with Gasteiger partial charge in [0.05, 0.1) is 24.8 Å². The number of nitrogens with one attached hydrogen (secondary N) is 1. The van der Waals surface area contributed by atoms with Crippen LogP contribution in [-0.4, -0.2) is 52.1 Å². The number of nitrogens with zero attached hydrogens (tertiary/aromatic N) is 2. The molecule has 3 rings (SSSR count). The summed E-state index contributed by atoms with van der Waals surface area (Å²) in [5.41, 5.74) is 0.544. The third-order valence-corrected chi connectivity index (χ3v) is 4.20. The van der Waals surface area contributed by atoms with Crippen molar-refractivity contribution < 1.29 is 24.2 Å². The number of carbonyl (C=O) groups excluding carboxylic acids is 1. The molecule has 2 atom stereocenters. The van der Waals surface area contributed by atoms with Crippen LogP contribution in [0.1, 0.15) is 34.2 Å². The molecule has 2 N–H and O–H groups in total. The van der Waals surface area contributed by atoms with E-state index in [4.69, 9.17) is 14.6 Å². The first kappa shape index (κ1) is 17.9. The molecule has 1 aromatic carbocycles. The predicted octanol–water partition coefficient (Wildman–Crippen LogP) is 1.57. The van der Waals surface area contributed by atoms with Crippen molar-refractivity contribution >= 4 is 11.9 Å². The molecule has 1 aromatic heterocycles. The molecule has 1 fully saturated rings. The van der Waals surface area contributed by atoms with Crippen molar-refractivity contribution in [2.45, 2.75) is 32.0 Å². The largest absolute Gasteiger partial charge is 0.488 e. The Morgan fingerprint density at radius 2 is 2.12 bits per heavy atom. The van der Waals surface area contributed by atoms with E-state index in [9.17, 15) is 9.59 Å². The molecule has 2 aromatic rings. The quantitative estimate of drug-likeness (QED) is 0.812. The number of aryl methyl sites for hydroxylation is 1. The number of benzene rings is 1. The number of aromatic nitrogens is 2. The molecule has 1 aliphatic heterocycles. The van der Waals surface area contributed by atoms with Gasteiger partial charge in [-0.25, -0.2) is 4.79 Å². The number of aromatic carboxylic acids is 1. The molecular weight excluding hydrogens is 338 g/mol. The van der Waals surface area contributed by atoms with Gasteiger partial charge in [0.1, 0.15) is 17.5 Å². The van der Waals surface area contributed by atoms with Gasteiger partial charge in [-0.15, -0.1) is 0 Å². The number of hydrogen-bond acceptors (Lipinski definition) is 5. The molecule has 0 spiro atoms. The predicted molar refractivity (Wildman–Crippen MR) is 92.4 cm³/mol. The smallest absolute Gasteiger partial charge is 0.335 e. The summed E-state index contributed by atoms with van der Waals surface area (Å²) in [5.74, 6) is -0.710. The SMILES string of the molecule is CCn1ccc(C(=O)N[C@@H]2COCC[C@H]2Oc2ccc(C(=O)O)cc2)n1. The van der Waals surface area contributed by atoms with E-state index in [-0.39, 0.29) is 23.6 Å². The van der Waals surface area contributed by atoms with Gasteiger partial charge in [0.25, 0.3) is 5.91 Å². The maximum absolute atomic E-state index is 12.4. The summed E-state index contributed by atoms with van der Waals surface area (Å²) < 4.78 is 13.1. The molecule has 2 heterocycles. The fraction of sp³-hybridized carbons (Fsp3) is 0.389. The van der Waals surface area contributed by atoms with Crippen LogP contribution in [0.3, 0.4) is 0 Å². The van der Waals surface area contributed by atoms with Gasteiger partial charge in [-0.1, -0.05) is 0 Å². The molecule has 0 radical (unpaired) electrons. The number of carboxylic acids is 1. The summed E-state index contributed by atoms with van der Waals surface area (Å²) in [6.45, 7) is 3.52.